The van der Waals surface area contributed by atoms with Gasteiger partial charge in [-0.3, -0.25) is 9.59 Å². The van der Waals surface area contributed by atoms with E-state index in [0.717, 1.165) is 16.5 Å². The summed E-state index contributed by atoms with van der Waals surface area (Å²) in [6.07, 6.45) is -0.0811. The van der Waals surface area contributed by atoms with Gasteiger partial charge in [0.15, 0.2) is 5.76 Å². The summed E-state index contributed by atoms with van der Waals surface area (Å²) in [6, 6.07) is 5.69. The largest absolute Gasteiger partial charge is 0.481 e. The molecule has 0 radical (unpaired) electrons. The Bertz CT molecular complexity index is 715. The standard InChI is InChI=1S/C17H21NO4/c1-10(2)18(9-8-14(19)20)17(21)16-12(4)13-7-5-6-11(3)15(13)22-16/h5-7,10H,8-9H2,1-4H3,(H,19,20). The zero-order chi connectivity index (χ0) is 16.4. The first kappa shape index (κ1) is 16.1. The number of benzene rings is 1. The number of nitrogens with zero attached hydrogens (tertiary/aromatic N) is 1. The van der Waals surface area contributed by atoms with E-state index < -0.39 is 5.97 Å². The van der Waals surface area contributed by atoms with E-state index in [-0.39, 0.29) is 24.9 Å². The van der Waals surface area contributed by atoms with Crippen LogP contribution in [-0.2, 0) is 4.79 Å². The lowest BCUT2D eigenvalue weighted by Gasteiger charge is -2.25. The number of hydrogen-bond donors (Lipinski definition) is 1. The zero-order valence-corrected chi connectivity index (χ0v) is 13.3. The topological polar surface area (TPSA) is 70.8 Å². The summed E-state index contributed by atoms with van der Waals surface area (Å²) in [4.78, 5) is 25.1. The van der Waals surface area contributed by atoms with Gasteiger partial charge in [-0.05, 0) is 33.3 Å². The number of aliphatic carboxylic acids is 1. The van der Waals surface area contributed by atoms with Gasteiger partial charge in [-0.2, -0.15) is 0 Å². The summed E-state index contributed by atoms with van der Waals surface area (Å²) in [7, 11) is 0. The maximum atomic E-state index is 12.7. The van der Waals surface area contributed by atoms with Crippen LogP contribution >= 0.6 is 0 Å². The third-order valence-electron chi connectivity index (χ3n) is 3.81. The number of aryl methyl sites for hydroxylation is 2. The third-order valence-corrected chi connectivity index (χ3v) is 3.81. The second kappa shape index (κ2) is 6.22. The number of rotatable bonds is 5. The minimum absolute atomic E-state index is 0.0811. The predicted molar refractivity (Wildman–Crippen MR) is 84.1 cm³/mol. The van der Waals surface area contributed by atoms with Crippen molar-refractivity contribution in [3.8, 4) is 0 Å². The van der Waals surface area contributed by atoms with E-state index in [1.807, 2.05) is 45.9 Å². The number of carbonyl (C=O) groups excluding carboxylic acids is 1. The number of para-hydroxylation sites is 1. The highest BCUT2D eigenvalue weighted by atomic mass is 16.4. The number of carboxylic acids is 1. The molecule has 0 saturated carbocycles. The summed E-state index contributed by atoms with van der Waals surface area (Å²) < 4.78 is 5.79. The molecule has 118 valence electrons. The van der Waals surface area contributed by atoms with E-state index >= 15 is 0 Å². The van der Waals surface area contributed by atoms with E-state index in [4.69, 9.17) is 9.52 Å². The van der Waals surface area contributed by atoms with E-state index in [1.54, 1.807) is 0 Å². The smallest absolute Gasteiger partial charge is 0.305 e. The monoisotopic (exact) mass is 303 g/mol. The number of furan rings is 1. The van der Waals surface area contributed by atoms with Crippen LogP contribution in [-0.4, -0.2) is 34.5 Å². The average Bonchev–Trinajstić information content (AvgIpc) is 2.77. The first-order chi connectivity index (χ1) is 10.3. The Morgan fingerprint density at radius 3 is 2.50 bits per heavy atom. The quantitative estimate of drug-likeness (QED) is 0.919. The maximum absolute atomic E-state index is 12.7. The molecule has 0 aliphatic carbocycles. The summed E-state index contributed by atoms with van der Waals surface area (Å²) >= 11 is 0. The Kier molecular flexibility index (Phi) is 4.54. The molecule has 1 heterocycles. The lowest BCUT2D eigenvalue weighted by molar-refractivity contribution is -0.137. The molecule has 0 unspecified atom stereocenters. The predicted octanol–water partition coefficient (Wildman–Crippen LogP) is 3.37. The fraction of sp³-hybridized carbons (Fsp3) is 0.412. The first-order valence-corrected chi connectivity index (χ1v) is 7.34. The van der Waals surface area contributed by atoms with Crippen LogP contribution in [0.2, 0.25) is 0 Å². The van der Waals surface area contributed by atoms with Crippen LogP contribution in [0.3, 0.4) is 0 Å². The molecule has 2 aromatic rings. The molecular weight excluding hydrogens is 282 g/mol. The molecule has 22 heavy (non-hydrogen) atoms. The molecule has 5 heteroatoms. The van der Waals surface area contributed by atoms with Gasteiger partial charge < -0.3 is 14.4 Å². The van der Waals surface area contributed by atoms with Crippen molar-refractivity contribution in [3.05, 3.63) is 35.1 Å². The van der Waals surface area contributed by atoms with Crippen molar-refractivity contribution in [2.75, 3.05) is 6.54 Å². The normalized spacial score (nSPS) is 11.1. The maximum Gasteiger partial charge on any atom is 0.305 e. The van der Waals surface area contributed by atoms with Crippen LogP contribution in [0.1, 0.15) is 41.9 Å². The molecule has 0 aliphatic rings. The Morgan fingerprint density at radius 1 is 1.27 bits per heavy atom. The Morgan fingerprint density at radius 2 is 1.95 bits per heavy atom. The molecule has 5 nitrogen and oxygen atoms in total. The van der Waals surface area contributed by atoms with Gasteiger partial charge >= 0.3 is 5.97 Å². The number of amides is 1. The fourth-order valence-electron chi connectivity index (χ4n) is 2.53. The Hall–Kier alpha value is -2.30. The van der Waals surface area contributed by atoms with Crippen molar-refractivity contribution < 1.29 is 19.1 Å². The molecule has 1 aromatic heterocycles. The summed E-state index contributed by atoms with van der Waals surface area (Å²) in [6.45, 7) is 7.69. The molecular formula is C17H21NO4. The van der Waals surface area contributed by atoms with Gasteiger partial charge in [0.2, 0.25) is 0 Å². The lowest BCUT2D eigenvalue weighted by Crippen LogP contribution is -2.38. The van der Waals surface area contributed by atoms with Gasteiger partial charge in [0.1, 0.15) is 5.58 Å². The van der Waals surface area contributed by atoms with Crippen LogP contribution in [0.25, 0.3) is 11.0 Å². The summed E-state index contributed by atoms with van der Waals surface area (Å²) in [5.41, 5.74) is 2.48. The molecule has 0 saturated heterocycles. The fourth-order valence-corrected chi connectivity index (χ4v) is 2.53. The van der Waals surface area contributed by atoms with Gasteiger partial charge in [-0.15, -0.1) is 0 Å². The van der Waals surface area contributed by atoms with Crippen molar-refractivity contribution >= 4 is 22.8 Å². The number of fused-ring (bicyclic) bond motifs is 1. The van der Waals surface area contributed by atoms with Crippen LogP contribution < -0.4 is 0 Å². The van der Waals surface area contributed by atoms with Crippen molar-refractivity contribution in [2.45, 2.75) is 40.2 Å². The van der Waals surface area contributed by atoms with Crippen molar-refractivity contribution in [1.82, 2.24) is 4.90 Å². The SMILES string of the molecule is Cc1c(C(=O)N(CCC(=O)O)C(C)C)oc2c(C)cccc12. The Labute approximate surface area is 129 Å². The van der Waals surface area contributed by atoms with E-state index in [0.29, 0.717) is 11.3 Å². The molecule has 0 aliphatic heterocycles. The number of hydrogen-bond acceptors (Lipinski definition) is 3. The molecule has 0 bridgehead atoms. The molecule has 0 atom stereocenters. The van der Waals surface area contributed by atoms with Crippen molar-refractivity contribution in [2.24, 2.45) is 0 Å². The van der Waals surface area contributed by atoms with E-state index in [9.17, 15) is 9.59 Å². The second-order valence-electron chi connectivity index (χ2n) is 5.74. The number of carbonyl (C=O) groups is 2. The highest BCUT2D eigenvalue weighted by Gasteiger charge is 2.25. The molecule has 1 N–H and O–H groups in total. The Balaban J connectivity index is 2.40. The number of carboxylic acid groups (broad SMARTS) is 1. The molecule has 0 spiro atoms. The van der Waals surface area contributed by atoms with Gasteiger partial charge in [0, 0.05) is 23.5 Å². The first-order valence-electron chi connectivity index (χ1n) is 7.34. The van der Waals surface area contributed by atoms with Crippen LogP contribution in [0.4, 0.5) is 0 Å². The van der Waals surface area contributed by atoms with Crippen LogP contribution in [0, 0.1) is 13.8 Å². The highest BCUT2D eigenvalue weighted by molar-refractivity contribution is 5.99. The summed E-state index contributed by atoms with van der Waals surface area (Å²) in [5.74, 6) is -0.886. The highest BCUT2D eigenvalue weighted by Crippen LogP contribution is 2.28. The average molecular weight is 303 g/mol. The molecule has 1 aromatic carbocycles. The van der Waals surface area contributed by atoms with Crippen LogP contribution in [0.5, 0.6) is 0 Å². The summed E-state index contributed by atoms with van der Waals surface area (Å²) in [5, 5.41) is 9.76. The van der Waals surface area contributed by atoms with Gasteiger partial charge in [0.05, 0.1) is 6.42 Å². The lowest BCUT2D eigenvalue weighted by atomic mass is 10.1. The molecule has 0 fully saturated rings. The zero-order valence-electron chi connectivity index (χ0n) is 13.3. The third kappa shape index (κ3) is 2.98. The van der Waals surface area contributed by atoms with Crippen LogP contribution in [0.15, 0.2) is 22.6 Å². The minimum Gasteiger partial charge on any atom is -0.481 e. The van der Waals surface area contributed by atoms with Gasteiger partial charge in [-0.25, -0.2) is 0 Å². The van der Waals surface area contributed by atoms with E-state index in [1.165, 1.54) is 4.90 Å². The second-order valence-corrected chi connectivity index (χ2v) is 5.74. The minimum atomic E-state index is -0.921. The molecule has 1 amide bonds. The van der Waals surface area contributed by atoms with Gasteiger partial charge in [0.25, 0.3) is 5.91 Å². The molecule has 2 rings (SSSR count). The van der Waals surface area contributed by atoms with Gasteiger partial charge in [-0.1, -0.05) is 18.2 Å². The van der Waals surface area contributed by atoms with Crippen molar-refractivity contribution in [1.29, 1.82) is 0 Å². The van der Waals surface area contributed by atoms with E-state index in [2.05, 4.69) is 0 Å². The van der Waals surface area contributed by atoms with Crippen molar-refractivity contribution in [3.63, 3.8) is 0 Å².